The number of benzene rings is 1. The van der Waals surface area contributed by atoms with Crippen LogP contribution >= 0.6 is 0 Å². The maximum Gasteiger partial charge on any atom is 0.119 e. The smallest absolute Gasteiger partial charge is 0.119 e. The lowest BCUT2D eigenvalue weighted by Crippen LogP contribution is -2.21. The topological polar surface area (TPSA) is 41.5 Å². The molecule has 0 bridgehead atoms. The van der Waals surface area contributed by atoms with Gasteiger partial charge >= 0.3 is 0 Å². The Balaban J connectivity index is 2.64. The van der Waals surface area contributed by atoms with Crippen molar-refractivity contribution in [3.05, 3.63) is 29.8 Å². The molecule has 0 unspecified atom stereocenters. The predicted octanol–water partition coefficient (Wildman–Crippen LogP) is 1.34. The summed E-state index contributed by atoms with van der Waals surface area (Å²) in [6.07, 6.45) is 0. The molecular weight excluding hydrogens is 178 g/mol. The van der Waals surface area contributed by atoms with Gasteiger partial charge in [-0.05, 0) is 24.6 Å². The predicted molar refractivity (Wildman–Crippen MR) is 56.5 cm³/mol. The van der Waals surface area contributed by atoms with Gasteiger partial charge in [0.05, 0.1) is 13.7 Å². The first-order valence-electron chi connectivity index (χ1n) is 4.76. The van der Waals surface area contributed by atoms with Crippen LogP contribution in [0.5, 0.6) is 5.75 Å². The molecule has 0 aromatic heterocycles. The fraction of sp³-hybridized carbons (Fsp3) is 0.455. The van der Waals surface area contributed by atoms with Crippen LogP contribution in [-0.2, 0) is 0 Å². The molecule has 0 aliphatic rings. The number of methoxy groups -OCH3 is 1. The molecule has 0 spiro atoms. The number of hydrogen-bond donors (Lipinski definition) is 2. The Labute approximate surface area is 84.7 Å². The third kappa shape index (κ3) is 3.01. The van der Waals surface area contributed by atoms with E-state index in [0.29, 0.717) is 6.54 Å². The Morgan fingerprint density at radius 2 is 2.29 bits per heavy atom. The van der Waals surface area contributed by atoms with Crippen molar-refractivity contribution >= 4 is 0 Å². The molecule has 1 rings (SSSR count). The molecule has 0 fully saturated rings. The summed E-state index contributed by atoms with van der Waals surface area (Å²) in [4.78, 5) is 0. The van der Waals surface area contributed by atoms with Crippen LogP contribution in [0.1, 0.15) is 18.5 Å². The molecule has 2 N–H and O–H groups in total. The number of hydrogen-bond acceptors (Lipinski definition) is 3. The van der Waals surface area contributed by atoms with Gasteiger partial charge in [0.15, 0.2) is 0 Å². The van der Waals surface area contributed by atoms with Crippen LogP contribution in [0.4, 0.5) is 0 Å². The van der Waals surface area contributed by atoms with Crippen LogP contribution < -0.4 is 10.1 Å². The fourth-order valence-corrected chi connectivity index (χ4v) is 1.31. The lowest BCUT2D eigenvalue weighted by molar-refractivity contribution is 0.286. The normalized spacial score (nSPS) is 12.5. The molecule has 3 heteroatoms. The third-order valence-corrected chi connectivity index (χ3v) is 2.16. The minimum absolute atomic E-state index is 0.161. The van der Waals surface area contributed by atoms with Gasteiger partial charge in [0.1, 0.15) is 5.75 Å². The van der Waals surface area contributed by atoms with Gasteiger partial charge < -0.3 is 15.2 Å². The molecule has 1 aromatic carbocycles. The van der Waals surface area contributed by atoms with Crippen molar-refractivity contribution in [2.24, 2.45) is 0 Å². The van der Waals surface area contributed by atoms with Crippen LogP contribution in [0.15, 0.2) is 24.3 Å². The molecule has 1 atom stereocenters. The first-order chi connectivity index (χ1) is 6.77. The van der Waals surface area contributed by atoms with Gasteiger partial charge in [0, 0.05) is 12.6 Å². The maximum absolute atomic E-state index is 8.68. The highest BCUT2D eigenvalue weighted by atomic mass is 16.5. The Morgan fingerprint density at radius 1 is 1.50 bits per heavy atom. The summed E-state index contributed by atoms with van der Waals surface area (Å²) in [5.41, 5.74) is 1.16. The number of aliphatic hydroxyl groups excluding tert-OH is 1. The maximum atomic E-state index is 8.68. The number of rotatable bonds is 5. The zero-order valence-corrected chi connectivity index (χ0v) is 8.66. The number of ether oxygens (including phenoxy) is 1. The molecule has 0 heterocycles. The second kappa shape index (κ2) is 5.62. The number of aliphatic hydroxyl groups is 1. The van der Waals surface area contributed by atoms with E-state index in [2.05, 4.69) is 12.2 Å². The SMILES string of the molecule is COc1cccc([C@@H](C)NCCO)c1. The molecule has 0 saturated carbocycles. The summed E-state index contributed by atoms with van der Waals surface area (Å²) < 4.78 is 5.13. The summed E-state index contributed by atoms with van der Waals surface area (Å²) in [6, 6.07) is 8.15. The Bertz CT molecular complexity index is 276. The van der Waals surface area contributed by atoms with E-state index in [1.54, 1.807) is 7.11 Å². The van der Waals surface area contributed by atoms with Gasteiger partial charge in [0.2, 0.25) is 0 Å². The highest BCUT2D eigenvalue weighted by molar-refractivity contribution is 5.30. The van der Waals surface area contributed by atoms with Crippen molar-refractivity contribution in [1.29, 1.82) is 0 Å². The van der Waals surface area contributed by atoms with Crippen molar-refractivity contribution < 1.29 is 9.84 Å². The zero-order chi connectivity index (χ0) is 10.4. The van der Waals surface area contributed by atoms with E-state index in [9.17, 15) is 0 Å². The van der Waals surface area contributed by atoms with E-state index in [4.69, 9.17) is 9.84 Å². The summed E-state index contributed by atoms with van der Waals surface area (Å²) in [5, 5.41) is 11.9. The Morgan fingerprint density at radius 3 is 2.93 bits per heavy atom. The monoisotopic (exact) mass is 195 g/mol. The van der Waals surface area contributed by atoms with Gasteiger partial charge in [-0.3, -0.25) is 0 Å². The molecule has 0 saturated heterocycles. The quantitative estimate of drug-likeness (QED) is 0.745. The lowest BCUT2D eigenvalue weighted by atomic mass is 10.1. The van der Waals surface area contributed by atoms with Crippen LogP contribution in [0, 0.1) is 0 Å². The van der Waals surface area contributed by atoms with Gasteiger partial charge in [-0.1, -0.05) is 12.1 Å². The summed E-state index contributed by atoms with van der Waals surface area (Å²) in [6.45, 7) is 2.83. The van der Waals surface area contributed by atoms with E-state index >= 15 is 0 Å². The molecule has 3 nitrogen and oxygen atoms in total. The van der Waals surface area contributed by atoms with Crippen molar-refractivity contribution in [2.45, 2.75) is 13.0 Å². The molecule has 0 radical (unpaired) electrons. The highest BCUT2D eigenvalue weighted by Gasteiger charge is 2.04. The fourth-order valence-electron chi connectivity index (χ4n) is 1.31. The van der Waals surface area contributed by atoms with E-state index in [1.807, 2.05) is 24.3 Å². The van der Waals surface area contributed by atoms with Crippen LogP contribution in [-0.4, -0.2) is 25.4 Å². The standard InChI is InChI=1S/C11H17NO2/c1-9(12-6-7-13)10-4-3-5-11(8-10)14-2/h3-5,8-9,12-13H,6-7H2,1-2H3/t9-/m1/s1. The van der Waals surface area contributed by atoms with E-state index in [-0.39, 0.29) is 12.6 Å². The average Bonchev–Trinajstić information content (AvgIpc) is 2.26. The van der Waals surface area contributed by atoms with Crippen LogP contribution in [0.3, 0.4) is 0 Å². The first kappa shape index (κ1) is 11.0. The average molecular weight is 195 g/mol. The molecular formula is C11H17NO2. The van der Waals surface area contributed by atoms with Gasteiger partial charge in [-0.15, -0.1) is 0 Å². The second-order valence-electron chi connectivity index (χ2n) is 3.18. The first-order valence-corrected chi connectivity index (χ1v) is 4.76. The van der Waals surface area contributed by atoms with Gasteiger partial charge in [-0.25, -0.2) is 0 Å². The van der Waals surface area contributed by atoms with Crippen molar-refractivity contribution in [2.75, 3.05) is 20.3 Å². The minimum atomic E-state index is 0.161. The summed E-state index contributed by atoms with van der Waals surface area (Å²) in [5.74, 6) is 0.861. The molecule has 0 aliphatic heterocycles. The lowest BCUT2D eigenvalue weighted by Gasteiger charge is -2.13. The van der Waals surface area contributed by atoms with E-state index in [0.717, 1.165) is 11.3 Å². The molecule has 1 aromatic rings. The largest absolute Gasteiger partial charge is 0.497 e. The van der Waals surface area contributed by atoms with Crippen molar-refractivity contribution in [3.8, 4) is 5.75 Å². The summed E-state index contributed by atoms with van der Waals surface area (Å²) >= 11 is 0. The Hall–Kier alpha value is -1.06. The Kier molecular flexibility index (Phi) is 4.43. The summed E-state index contributed by atoms with van der Waals surface area (Å²) in [7, 11) is 1.66. The van der Waals surface area contributed by atoms with Crippen LogP contribution in [0.25, 0.3) is 0 Å². The zero-order valence-electron chi connectivity index (χ0n) is 8.66. The molecule has 0 amide bonds. The van der Waals surface area contributed by atoms with Gasteiger partial charge in [0.25, 0.3) is 0 Å². The minimum Gasteiger partial charge on any atom is -0.497 e. The molecule has 0 aliphatic carbocycles. The number of nitrogens with one attached hydrogen (secondary N) is 1. The van der Waals surface area contributed by atoms with Gasteiger partial charge in [-0.2, -0.15) is 0 Å². The van der Waals surface area contributed by atoms with Crippen molar-refractivity contribution in [1.82, 2.24) is 5.32 Å². The third-order valence-electron chi connectivity index (χ3n) is 2.16. The molecule has 14 heavy (non-hydrogen) atoms. The second-order valence-corrected chi connectivity index (χ2v) is 3.18. The highest BCUT2D eigenvalue weighted by Crippen LogP contribution is 2.18. The van der Waals surface area contributed by atoms with E-state index in [1.165, 1.54) is 0 Å². The van der Waals surface area contributed by atoms with E-state index < -0.39 is 0 Å². The van der Waals surface area contributed by atoms with Crippen molar-refractivity contribution in [3.63, 3.8) is 0 Å². The molecule has 78 valence electrons. The van der Waals surface area contributed by atoms with Crippen LogP contribution in [0.2, 0.25) is 0 Å².